The predicted octanol–water partition coefficient (Wildman–Crippen LogP) is 2.48. The van der Waals surface area contributed by atoms with Crippen LogP contribution in [0.5, 0.6) is 5.75 Å². The van der Waals surface area contributed by atoms with Crippen LogP contribution in [0.2, 0.25) is 0 Å². The lowest BCUT2D eigenvalue weighted by Gasteiger charge is -2.12. The van der Waals surface area contributed by atoms with Crippen molar-refractivity contribution in [2.75, 3.05) is 19.0 Å². The number of ether oxygens (including phenoxy) is 1. The highest BCUT2D eigenvalue weighted by molar-refractivity contribution is 6.10. The largest absolute Gasteiger partial charge is 0.495 e. The summed E-state index contributed by atoms with van der Waals surface area (Å²) < 4.78 is 10.5. The van der Waals surface area contributed by atoms with Crippen LogP contribution in [0.25, 0.3) is 0 Å². The quantitative estimate of drug-likeness (QED) is 0.858. The zero-order valence-electron chi connectivity index (χ0n) is 14.7. The zero-order chi connectivity index (χ0) is 18.7. The maximum Gasteiger partial charge on any atom is 0.255 e. The number of fused-ring (bicyclic) bond motifs is 1. The van der Waals surface area contributed by atoms with Crippen LogP contribution in [0.4, 0.5) is 5.69 Å². The van der Waals surface area contributed by atoms with Crippen LogP contribution in [0, 0.1) is 6.92 Å². The summed E-state index contributed by atoms with van der Waals surface area (Å²) in [6.07, 6.45) is 3.05. The lowest BCUT2D eigenvalue weighted by molar-refractivity contribution is -0.115. The second-order valence-electron chi connectivity index (χ2n) is 6.16. The van der Waals surface area contributed by atoms with Crippen LogP contribution in [0.1, 0.15) is 44.9 Å². The highest BCUT2D eigenvalue weighted by atomic mass is 16.5. The van der Waals surface area contributed by atoms with Gasteiger partial charge in [0.1, 0.15) is 17.8 Å². The number of rotatable bonds is 5. The van der Waals surface area contributed by atoms with Gasteiger partial charge in [0.15, 0.2) is 5.78 Å². The van der Waals surface area contributed by atoms with Crippen LogP contribution < -0.4 is 15.4 Å². The number of aryl methyl sites for hydroxylation is 2. The van der Waals surface area contributed by atoms with Gasteiger partial charge in [0.05, 0.1) is 30.5 Å². The number of Topliss-reactive ketones (excluding diaryl/α,β-unsaturated/α-hetero) is 1. The summed E-state index contributed by atoms with van der Waals surface area (Å²) in [5.41, 5.74) is 2.02. The highest BCUT2D eigenvalue weighted by Crippen LogP contribution is 2.26. The van der Waals surface area contributed by atoms with Crippen molar-refractivity contribution in [1.82, 2.24) is 5.32 Å². The van der Waals surface area contributed by atoms with E-state index in [-0.39, 0.29) is 17.9 Å². The molecule has 0 bridgehead atoms. The van der Waals surface area contributed by atoms with E-state index in [9.17, 15) is 14.4 Å². The van der Waals surface area contributed by atoms with Gasteiger partial charge in [0.2, 0.25) is 5.91 Å². The summed E-state index contributed by atoms with van der Waals surface area (Å²) in [5, 5.41) is 5.23. The maximum atomic E-state index is 12.3. The molecular formula is C19H20N2O5. The minimum atomic E-state index is -0.503. The van der Waals surface area contributed by atoms with E-state index in [1.807, 2.05) is 13.0 Å². The number of carbonyl (C=O) groups excluding carboxylic acids is 3. The molecule has 1 aromatic heterocycles. The van der Waals surface area contributed by atoms with Gasteiger partial charge in [-0.05, 0) is 31.0 Å². The van der Waals surface area contributed by atoms with Crippen molar-refractivity contribution in [2.24, 2.45) is 0 Å². The standard InChI is InChI=1S/C19H20N2O5/c1-11-6-7-15(25-2)13(8-11)21-17(23)9-20-19(24)12-10-26-16-5-3-4-14(22)18(12)16/h6-8,10H,3-5,9H2,1-2H3,(H,20,24)(H,21,23). The van der Waals surface area contributed by atoms with Gasteiger partial charge in [-0.25, -0.2) is 0 Å². The molecule has 0 radical (unpaired) electrons. The third kappa shape index (κ3) is 3.61. The number of anilines is 1. The molecule has 0 fully saturated rings. The van der Waals surface area contributed by atoms with Crippen molar-refractivity contribution in [2.45, 2.75) is 26.2 Å². The number of furan rings is 1. The van der Waals surface area contributed by atoms with Crippen molar-refractivity contribution in [3.63, 3.8) is 0 Å². The molecule has 0 spiro atoms. The van der Waals surface area contributed by atoms with E-state index in [1.54, 1.807) is 12.1 Å². The average molecular weight is 356 g/mol. The molecule has 1 heterocycles. The van der Waals surface area contributed by atoms with Crippen LogP contribution in [-0.2, 0) is 11.2 Å². The average Bonchev–Trinajstić information content (AvgIpc) is 3.05. The number of ketones is 1. The number of methoxy groups -OCH3 is 1. The Kier molecular flexibility index (Phi) is 5.06. The van der Waals surface area contributed by atoms with E-state index in [2.05, 4.69) is 10.6 Å². The smallest absolute Gasteiger partial charge is 0.255 e. The lowest BCUT2D eigenvalue weighted by atomic mass is 9.94. The Balaban J connectivity index is 1.64. The molecule has 1 aliphatic rings. The molecule has 0 saturated heterocycles. The maximum absolute atomic E-state index is 12.3. The van der Waals surface area contributed by atoms with E-state index in [1.165, 1.54) is 13.4 Å². The molecule has 1 aromatic carbocycles. The lowest BCUT2D eigenvalue weighted by Crippen LogP contribution is -2.33. The molecule has 0 unspecified atom stereocenters. The van der Waals surface area contributed by atoms with E-state index in [0.29, 0.717) is 35.6 Å². The van der Waals surface area contributed by atoms with Gasteiger partial charge in [-0.2, -0.15) is 0 Å². The van der Waals surface area contributed by atoms with Crippen LogP contribution in [0.15, 0.2) is 28.9 Å². The second kappa shape index (κ2) is 7.43. The Morgan fingerprint density at radius 2 is 2.08 bits per heavy atom. The summed E-state index contributed by atoms with van der Waals surface area (Å²) in [6, 6.07) is 5.41. The minimum Gasteiger partial charge on any atom is -0.495 e. The Morgan fingerprint density at radius 3 is 2.85 bits per heavy atom. The van der Waals surface area contributed by atoms with Crippen molar-refractivity contribution >= 4 is 23.3 Å². The Bertz CT molecular complexity index is 869. The molecule has 7 nitrogen and oxygen atoms in total. The Hall–Kier alpha value is -3.09. The minimum absolute atomic E-state index is 0.0981. The number of amides is 2. The molecule has 26 heavy (non-hydrogen) atoms. The van der Waals surface area contributed by atoms with Gasteiger partial charge >= 0.3 is 0 Å². The van der Waals surface area contributed by atoms with E-state index in [4.69, 9.17) is 9.15 Å². The fraction of sp³-hybridized carbons (Fsp3) is 0.316. The predicted molar refractivity (Wildman–Crippen MR) is 94.7 cm³/mol. The van der Waals surface area contributed by atoms with E-state index < -0.39 is 11.8 Å². The van der Waals surface area contributed by atoms with Crippen LogP contribution in [0.3, 0.4) is 0 Å². The fourth-order valence-electron chi connectivity index (χ4n) is 2.96. The monoisotopic (exact) mass is 356 g/mol. The molecule has 7 heteroatoms. The van der Waals surface area contributed by atoms with E-state index in [0.717, 1.165) is 12.0 Å². The molecule has 2 aromatic rings. The first-order chi connectivity index (χ1) is 12.5. The zero-order valence-corrected chi connectivity index (χ0v) is 14.7. The summed E-state index contributed by atoms with van der Waals surface area (Å²) in [5.74, 6) is 0.0757. The normalized spacial score (nSPS) is 13.1. The molecule has 1 aliphatic carbocycles. The third-order valence-electron chi connectivity index (χ3n) is 4.24. The number of hydrogen-bond acceptors (Lipinski definition) is 5. The Morgan fingerprint density at radius 1 is 1.27 bits per heavy atom. The first-order valence-corrected chi connectivity index (χ1v) is 8.36. The molecular weight excluding hydrogens is 336 g/mol. The van der Waals surface area contributed by atoms with Crippen molar-refractivity contribution in [3.05, 3.63) is 46.9 Å². The molecule has 0 atom stereocenters. The van der Waals surface area contributed by atoms with Gasteiger partial charge in [-0.1, -0.05) is 6.07 Å². The van der Waals surface area contributed by atoms with Crippen molar-refractivity contribution < 1.29 is 23.5 Å². The van der Waals surface area contributed by atoms with Gasteiger partial charge in [0.25, 0.3) is 5.91 Å². The number of nitrogens with one attached hydrogen (secondary N) is 2. The summed E-state index contributed by atoms with van der Waals surface area (Å²) in [4.78, 5) is 36.5. The number of hydrogen-bond donors (Lipinski definition) is 2. The van der Waals surface area contributed by atoms with E-state index >= 15 is 0 Å². The van der Waals surface area contributed by atoms with Gasteiger partial charge in [-0.3, -0.25) is 14.4 Å². The van der Waals surface area contributed by atoms with Crippen LogP contribution >= 0.6 is 0 Å². The van der Waals surface area contributed by atoms with Crippen molar-refractivity contribution in [1.29, 1.82) is 0 Å². The molecule has 0 aliphatic heterocycles. The first kappa shape index (κ1) is 17.7. The molecule has 0 saturated carbocycles. The Labute approximate surface area is 150 Å². The summed E-state index contributed by atoms with van der Waals surface area (Å²) in [6.45, 7) is 1.67. The van der Waals surface area contributed by atoms with Gasteiger partial charge < -0.3 is 19.8 Å². The molecule has 2 N–H and O–H groups in total. The molecule has 2 amide bonds. The van der Waals surface area contributed by atoms with Gasteiger partial charge in [-0.15, -0.1) is 0 Å². The fourth-order valence-corrected chi connectivity index (χ4v) is 2.96. The summed E-state index contributed by atoms with van der Waals surface area (Å²) in [7, 11) is 1.52. The highest BCUT2D eigenvalue weighted by Gasteiger charge is 2.27. The molecule has 136 valence electrons. The summed E-state index contributed by atoms with van der Waals surface area (Å²) >= 11 is 0. The van der Waals surface area contributed by atoms with Gasteiger partial charge in [0, 0.05) is 12.8 Å². The van der Waals surface area contributed by atoms with Crippen molar-refractivity contribution in [3.8, 4) is 5.75 Å². The second-order valence-corrected chi connectivity index (χ2v) is 6.16. The topological polar surface area (TPSA) is 97.6 Å². The molecule has 3 rings (SSSR count). The third-order valence-corrected chi connectivity index (χ3v) is 4.24. The number of carbonyl (C=O) groups is 3. The number of benzene rings is 1. The first-order valence-electron chi connectivity index (χ1n) is 8.36. The SMILES string of the molecule is COc1ccc(C)cc1NC(=O)CNC(=O)c1coc2c1C(=O)CCC2. The van der Waals surface area contributed by atoms with Crippen LogP contribution in [-0.4, -0.2) is 31.3 Å².